The molecular weight excluding hydrogens is 412 g/mol. The Kier molecular flexibility index (Phi) is 13.5. The van der Waals surface area contributed by atoms with Gasteiger partial charge in [0.2, 0.25) is 0 Å². The first-order valence-electron chi connectivity index (χ1n) is 12.5. The number of esters is 1. The summed E-state index contributed by atoms with van der Waals surface area (Å²) in [5.41, 5.74) is 0.498. The van der Waals surface area contributed by atoms with Crippen molar-refractivity contribution in [1.29, 1.82) is 0 Å². The largest absolute Gasteiger partial charge is 0.494 e. The molecule has 0 aliphatic carbocycles. The fraction of sp³-hybridized carbons (Fsp3) is 0.483. The first-order chi connectivity index (χ1) is 16.2. The summed E-state index contributed by atoms with van der Waals surface area (Å²) in [5.74, 6) is 1.69. The number of allylic oxidation sites excluding steroid dienone is 1. The smallest absolute Gasteiger partial charge is 0.343 e. The third-order valence-corrected chi connectivity index (χ3v) is 5.46. The van der Waals surface area contributed by atoms with Crippen LogP contribution in [0.1, 0.15) is 87.9 Å². The molecule has 0 N–H and O–H groups in total. The van der Waals surface area contributed by atoms with E-state index in [1.165, 1.54) is 51.4 Å². The van der Waals surface area contributed by atoms with Gasteiger partial charge in [-0.1, -0.05) is 57.9 Å². The lowest BCUT2D eigenvalue weighted by molar-refractivity contribution is 0.0734. The Balaban J connectivity index is 1.64. The Labute approximate surface area is 200 Å². The van der Waals surface area contributed by atoms with Crippen LogP contribution in [0.3, 0.4) is 0 Å². The maximum Gasteiger partial charge on any atom is 0.343 e. The minimum absolute atomic E-state index is 0.383. The second-order valence-electron chi connectivity index (χ2n) is 8.34. The molecule has 0 fully saturated rings. The average Bonchev–Trinajstić information content (AvgIpc) is 2.84. The molecule has 2 rings (SSSR count). The predicted octanol–water partition coefficient (Wildman–Crippen LogP) is 8.16. The molecule has 0 aromatic heterocycles. The van der Waals surface area contributed by atoms with Gasteiger partial charge in [0.05, 0.1) is 18.8 Å². The summed E-state index contributed by atoms with van der Waals surface area (Å²) in [5, 5.41) is 0. The molecule has 0 aliphatic rings. The van der Waals surface area contributed by atoms with Crippen LogP contribution in [0.5, 0.6) is 17.2 Å². The molecule has 0 spiro atoms. The Morgan fingerprint density at radius 2 is 1.18 bits per heavy atom. The van der Waals surface area contributed by atoms with Crippen molar-refractivity contribution in [3.05, 3.63) is 66.7 Å². The number of rotatable bonds is 18. The van der Waals surface area contributed by atoms with Crippen LogP contribution in [0.25, 0.3) is 0 Å². The van der Waals surface area contributed by atoms with E-state index < -0.39 is 0 Å². The van der Waals surface area contributed by atoms with Gasteiger partial charge in [-0.15, -0.1) is 6.58 Å². The molecule has 4 nitrogen and oxygen atoms in total. The molecule has 0 bridgehead atoms. The Bertz CT molecular complexity index is 780. The Morgan fingerprint density at radius 1 is 0.697 bits per heavy atom. The van der Waals surface area contributed by atoms with Gasteiger partial charge in [-0.25, -0.2) is 4.79 Å². The summed E-state index contributed by atoms with van der Waals surface area (Å²) >= 11 is 0. The van der Waals surface area contributed by atoms with Crippen LogP contribution in [-0.2, 0) is 0 Å². The number of benzene rings is 2. The molecule has 180 valence electrons. The van der Waals surface area contributed by atoms with Crippen LogP contribution >= 0.6 is 0 Å². The fourth-order valence-electron chi connectivity index (χ4n) is 3.46. The summed E-state index contributed by atoms with van der Waals surface area (Å²) in [6.07, 6.45) is 15.1. The summed E-state index contributed by atoms with van der Waals surface area (Å²) < 4.78 is 17.0. The van der Waals surface area contributed by atoms with E-state index >= 15 is 0 Å². The summed E-state index contributed by atoms with van der Waals surface area (Å²) in [4.78, 5) is 12.4. The number of carbonyl (C=O) groups is 1. The van der Waals surface area contributed by atoms with Crippen molar-refractivity contribution in [1.82, 2.24) is 0 Å². The van der Waals surface area contributed by atoms with Crippen LogP contribution in [0.4, 0.5) is 0 Å². The third-order valence-electron chi connectivity index (χ3n) is 5.46. The molecule has 2 aromatic carbocycles. The van der Waals surface area contributed by atoms with Gasteiger partial charge in [0.15, 0.2) is 0 Å². The van der Waals surface area contributed by atoms with Gasteiger partial charge in [-0.05, 0) is 74.2 Å². The van der Waals surface area contributed by atoms with Gasteiger partial charge in [0.25, 0.3) is 0 Å². The minimum Gasteiger partial charge on any atom is -0.494 e. The molecular formula is C29H40O4. The van der Waals surface area contributed by atoms with Crippen molar-refractivity contribution in [2.45, 2.75) is 77.6 Å². The van der Waals surface area contributed by atoms with E-state index in [9.17, 15) is 4.79 Å². The highest BCUT2D eigenvalue weighted by Gasteiger charge is 2.09. The van der Waals surface area contributed by atoms with Crippen LogP contribution in [0.2, 0.25) is 0 Å². The maximum absolute atomic E-state index is 12.4. The molecule has 4 heteroatoms. The molecule has 33 heavy (non-hydrogen) atoms. The Morgan fingerprint density at radius 3 is 1.76 bits per heavy atom. The summed E-state index contributed by atoms with van der Waals surface area (Å²) in [6, 6.07) is 14.3. The summed E-state index contributed by atoms with van der Waals surface area (Å²) in [6.45, 7) is 7.36. The summed E-state index contributed by atoms with van der Waals surface area (Å²) in [7, 11) is 0. The van der Waals surface area contributed by atoms with Crippen LogP contribution in [-0.4, -0.2) is 19.2 Å². The zero-order valence-electron chi connectivity index (χ0n) is 20.2. The highest BCUT2D eigenvalue weighted by molar-refractivity contribution is 5.91. The van der Waals surface area contributed by atoms with Crippen LogP contribution < -0.4 is 14.2 Å². The lowest BCUT2D eigenvalue weighted by Crippen LogP contribution is -2.08. The second-order valence-corrected chi connectivity index (χ2v) is 8.34. The average molecular weight is 453 g/mol. The molecule has 0 radical (unpaired) electrons. The van der Waals surface area contributed by atoms with Crippen molar-refractivity contribution in [2.75, 3.05) is 13.2 Å². The number of unbranched alkanes of at least 4 members (excludes halogenated alkanes) is 9. The van der Waals surface area contributed by atoms with Crippen molar-refractivity contribution in [3.8, 4) is 17.2 Å². The highest BCUT2D eigenvalue weighted by Crippen LogP contribution is 2.20. The lowest BCUT2D eigenvalue weighted by Gasteiger charge is -2.09. The molecule has 0 unspecified atom stereocenters. The quantitative estimate of drug-likeness (QED) is 0.0990. The van der Waals surface area contributed by atoms with Gasteiger partial charge in [-0.3, -0.25) is 0 Å². The number of hydrogen-bond acceptors (Lipinski definition) is 4. The first kappa shape index (κ1) is 26.5. The van der Waals surface area contributed by atoms with Gasteiger partial charge in [0.1, 0.15) is 17.2 Å². The topological polar surface area (TPSA) is 44.8 Å². The molecule has 0 aliphatic heterocycles. The van der Waals surface area contributed by atoms with E-state index in [1.54, 1.807) is 24.3 Å². The first-order valence-corrected chi connectivity index (χ1v) is 12.5. The van der Waals surface area contributed by atoms with Crippen LogP contribution in [0, 0.1) is 0 Å². The SMILES string of the molecule is C=CCCCCCCCCOc1ccc(C(=O)Oc2ccc(OCCCCCC)cc2)cc1. The minimum atomic E-state index is -0.383. The molecule has 0 heterocycles. The van der Waals surface area contributed by atoms with Crippen molar-refractivity contribution < 1.29 is 19.0 Å². The van der Waals surface area contributed by atoms with Gasteiger partial charge in [-0.2, -0.15) is 0 Å². The fourth-order valence-corrected chi connectivity index (χ4v) is 3.46. The lowest BCUT2D eigenvalue weighted by atomic mass is 10.1. The van der Waals surface area contributed by atoms with Gasteiger partial charge < -0.3 is 14.2 Å². The second kappa shape index (κ2) is 16.8. The molecule has 2 aromatic rings. The predicted molar refractivity (Wildman–Crippen MR) is 135 cm³/mol. The van der Waals surface area contributed by atoms with Gasteiger partial charge >= 0.3 is 5.97 Å². The molecule has 0 atom stereocenters. The van der Waals surface area contributed by atoms with Crippen molar-refractivity contribution in [3.63, 3.8) is 0 Å². The van der Waals surface area contributed by atoms with E-state index in [2.05, 4.69) is 13.5 Å². The molecule has 0 saturated carbocycles. The Hall–Kier alpha value is -2.75. The van der Waals surface area contributed by atoms with Crippen LogP contribution in [0.15, 0.2) is 61.2 Å². The van der Waals surface area contributed by atoms with Gasteiger partial charge in [0, 0.05) is 0 Å². The monoisotopic (exact) mass is 452 g/mol. The van der Waals surface area contributed by atoms with E-state index in [0.717, 1.165) is 30.8 Å². The van der Waals surface area contributed by atoms with E-state index in [0.29, 0.717) is 24.5 Å². The van der Waals surface area contributed by atoms with Crippen molar-refractivity contribution >= 4 is 5.97 Å². The zero-order valence-corrected chi connectivity index (χ0v) is 20.2. The number of hydrogen-bond donors (Lipinski definition) is 0. The van der Waals surface area contributed by atoms with E-state index in [1.807, 2.05) is 30.3 Å². The normalized spacial score (nSPS) is 10.6. The number of ether oxygens (including phenoxy) is 3. The zero-order chi connectivity index (χ0) is 23.6. The number of carbonyl (C=O) groups excluding carboxylic acids is 1. The van der Waals surface area contributed by atoms with E-state index in [-0.39, 0.29) is 5.97 Å². The highest BCUT2D eigenvalue weighted by atomic mass is 16.5. The third kappa shape index (κ3) is 11.6. The molecule has 0 amide bonds. The standard InChI is InChI=1S/C29H40O4/c1-3-5-7-9-10-11-12-14-24-31-26-17-15-25(16-18-26)29(30)33-28-21-19-27(20-22-28)32-23-13-8-6-4-2/h3,15-22H,1,4-14,23-24H2,2H3. The maximum atomic E-state index is 12.4. The van der Waals surface area contributed by atoms with Crippen molar-refractivity contribution in [2.24, 2.45) is 0 Å². The molecule has 0 saturated heterocycles. The van der Waals surface area contributed by atoms with E-state index in [4.69, 9.17) is 14.2 Å².